The summed E-state index contributed by atoms with van der Waals surface area (Å²) in [5.74, 6) is 0. The Morgan fingerprint density at radius 2 is 1.62 bits per heavy atom. The average Bonchev–Trinajstić information content (AvgIpc) is 2.48. The lowest BCUT2D eigenvalue weighted by molar-refractivity contribution is 0.0798. The number of nitrogens with zero attached hydrogens (tertiary/aromatic N) is 1. The van der Waals surface area contributed by atoms with Gasteiger partial charge in [-0.05, 0) is 32.0 Å². The van der Waals surface area contributed by atoms with Crippen molar-refractivity contribution in [2.24, 2.45) is 0 Å². The van der Waals surface area contributed by atoms with Crippen LogP contribution in [0.5, 0.6) is 0 Å². The summed E-state index contributed by atoms with van der Waals surface area (Å²) >= 11 is 0. The van der Waals surface area contributed by atoms with Gasteiger partial charge in [-0.15, -0.1) is 0 Å². The third-order valence-corrected chi connectivity index (χ3v) is 3.29. The summed E-state index contributed by atoms with van der Waals surface area (Å²) in [5.41, 5.74) is 2.67. The number of rotatable bonds is 12. The number of hydrogen-bond donors (Lipinski definition) is 1. The van der Waals surface area contributed by atoms with E-state index in [4.69, 9.17) is 9.47 Å². The second-order valence-electron chi connectivity index (χ2n) is 5.02. The van der Waals surface area contributed by atoms with Crippen LogP contribution in [0.2, 0.25) is 0 Å². The number of hydrogen-bond acceptors (Lipinski definition) is 4. The minimum Gasteiger partial charge on any atom is -0.380 e. The molecule has 4 nitrogen and oxygen atoms in total. The molecule has 0 radical (unpaired) electrons. The quantitative estimate of drug-likeness (QED) is 0.600. The summed E-state index contributed by atoms with van der Waals surface area (Å²) in [5, 5.41) is 3.19. The molecule has 0 aliphatic rings. The Balaban J connectivity index is 2.54. The van der Waals surface area contributed by atoms with Gasteiger partial charge in [0.15, 0.2) is 0 Å². The first-order valence-corrected chi connectivity index (χ1v) is 7.90. The Morgan fingerprint density at radius 1 is 1.00 bits per heavy atom. The van der Waals surface area contributed by atoms with Crippen LogP contribution >= 0.6 is 0 Å². The molecule has 0 bridgehead atoms. The summed E-state index contributed by atoms with van der Waals surface area (Å²) < 4.78 is 11.0. The van der Waals surface area contributed by atoms with Crippen molar-refractivity contribution in [3.05, 3.63) is 35.4 Å². The van der Waals surface area contributed by atoms with Gasteiger partial charge in [-0.2, -0.15) is 0 Å². The van der Waals surface area contributed by atoms with Crippen LogP contribution in [0.25, 0.3) is 0 Å². The molecular weight excluding hydrogens is 264 g/mol. The monoisotopic (exact) mass is 294 g/mol. The fourth-order valence-corrected chi connectivity index (χ4v) is 2.25. The van der Waals surface area contributed by atoms with Crippen LogP contribution in [0.1, 0.15) is 25.0 Å². The van der Waals surface area contributed by atoms with Gasteiger partial charge >= 0.3 is 0 Å². The van der Waals surface area contributed by atoms with E-state index >= 15 is 0 Å². The van der Waals surface area contributed by atoms with Crippen LogP contribution in [0.15, 0.2) is 24.3 Å². The SMILES string of the molecule is CCOCCN(CCOCC)Cc1cccc(CNC)c1. The zero-order chi connectivity index (χ0) is 15.3. The maximum atomic E-state index is 5.48. The van der Waals surface area contributed by atoms with Gasteiger partial charge in [-0.1, -0.05) is 24.3 Å². The molecule has 0 aliphatic heterocycles. The highest BCUT2D eigenvalue weighted by atomic mass is 16.5. The van der Waals surface area contributed by atoms with Crippen molar-refractivity contribution >= 4 is 0 Å². The highest BCUT2D eigenvalue weighted by molar-refractivity contribution is 5.23. The van der Waals surface area contributed by atoms with Gasteiger partial charge in [0.05, 0.1) is 13.2 Å². The summed E-state index contributed by atoms with van der Waals surface area (Å²) in [6, 6.07) is 8.74. The molecule has 4 heteroatoms. The molecule has 1 rings (SSSR count). The van der Waals surface area contributed by atoms with Crippen LogP contribution in [0.3, 0.4) is 0 Å². The average molecular weight is 294 g/mol. The lowest BCUT2D eigenvalue weighted by Gasteiger charge is -2.22. The molecule has 0 fully saturated rings. The second-order valence-corrected chi connectivity index (χ2v) is 5.02. The zero-order valence-corrected chi connectivity index (χ0v) is 13.7. The van der Waals surface area contributed by atoms with Gasteiger partial charge in [0.2, 0.25) is 0 Å². The van der Waals surface area contributed by atoms with E-state index in [1.807, 2.05) is 20.9 Å². The van der Waals surface area contributed by atoms with E-state index < -0.39 is 0 Å². The molecule has 1 N–H and O–H groups in total. The molecule has 21 heavy (non-hydrogen) atoms. The van der Waals surface area contributed by atoms with Crippen molar-refractivity contribution in [3.8, 4) is 0 Å². The summed E-state index contributed by atoms with van der Waals surface area (Å²) in [6.07, 6.45) is 0. The normalized spacial score (nSPS) is 11.2. The molecule has 0 saturated heterocycles. The van der Waals surface area contributed by atoms with Crippen molar-refractivity contribution in [2.45, 2.75) is 26.9 Å². The van der Waals surface area contributed by atoms with Crippen molar-refractivity contribution in [1.82, 2.24) is 10.2 Å². The number of nitrogens with one attached hydrogen (secondary N) is 1. The fraction of sp³-hybridized carbons (Fsp3) is 0.647. The molecule has 0 aliphatic carbocycles. The van der Waals surface area contributed by atoms with Crippen LogP contribution in [0, 0.1) is 0 Å². The molecule has 0 aromatic heterocycles. The summed E-state index contributed by atoms with van der Waals surface area (Å²) in [6.45, 7) is 10.9. The van der Waals surface area contributed by atoms with E-state index in [-0.39, 0.29) is 0 Å². The molecule has 1 aromatic carbocycles. The fourth-order valence-electron chi connectivity index (χ4n) is 2.25. The van der Waals surface area contributed by atoms with Gasteiger partial charge in [-0.25, -0.2) is 0 Å². The van der Waals surface area contributed by atoms with Crippen LogP contribution in [0.4, 0.5) is 0 Å². The molecule has 120 valence electrons. The predicted octanol–water partition coefficient (Wildman–Crippen LogP) is 2.28. The molecule has 0 spiro atoms. The third kappa shape index (κ3) is 8.17. The first kappa shape index (κ1) is 18.1. The van der Waals surface area contributed by atoms with E-state index in [9.17, 15) is 0 Å². The van der Waals surface area contributed by atoms with Crippen LogP contribution in [-0.4, -0.2) is 51.5 Å². The van der Waals surface area contributed by atoms with Crippen molar-refractivity contribution in [2.75, 3.05) is 46.6 Å². The highest BCUT2D eigenvalue weighted by Gasteiger charge is 2.06. The van der Waals surface area contributed by atoms with Crippen LogP contribution in [-0.2, 0) is 22.6 Å². The lowest BCUT2D eigenvalue weighted by Crippen LogP contribution is -2.30. The molecular formula is C17H30N2O2. The number of benzene rings is 1. The van der Waals surface area contributed by atoms with Crippen LogP contribution < -0.4 is 5.32 Å². The van der Waals surface area contributed by atoms with E-state index in [0.29, 0.717) is 0 Å². The van der Waals surface area contributed by atoms with E-state index in [1.165, 1.54) is 11.1 Å². The minimum absolute atomic E-state index is 0.775. The smallest absolute Gasteiger partial charge is 0.0593 e. The largest absolute Gasteiger partial charge is 0.380 e. The first-order chi connectivity index (χ1) is 10.3. The topological polar surface area (TPSA) is 33.7 Å². The first-order valence-electron chi connectivity index (χ1n) is 7.90. The summed E-state index contributed by atoms with van der Waals surface area (Å²) in [7, 11) is 1.98. The minimum atomic E-state index is 0.775. The molecule has 0 saturated carbocycles. The Bertz CT molecular complexity index is 362. The van der Waals surface area contributed by atoms with Gasteiger partial charge in [0, 0.05) is 39.4 Å². The van der Waals surface area contributed by atoms with E-state index in [1.54, 1.807) is 0 Å². The number of ether oxygens (including phenoxy) is 2. The van der Waals surface area contributed by atoms with E-state index in [2.05, 4.69) is 34.5 Å². The van der Waals surface area contributed by atoms with Crippen molar-refractivity contribution in [1.29, 1.82) is 0 Å². The second kappa shape index (κ2) is 11.7. The zero-order valence-electron chi connectivity index (χ0n) is 13.7. The van der Waals surface area contributed by atoms with Crippen molar-refractivity contribution < 1.29 is 9.47 Å². The van der Waals surface area contributed by atoms with Gasteiger partial charge in [0.1, 0.15) is 0 Å². The highest BCUT2D eigenvalue weighted by Crippen LogP contribution is 2.08. The lowest BCUT2D eigenvalue weighted by atomic mass is 10.1. The standard InChI is InChI=1S/C17H30N2O2/c1-4-20-11-9-19(10-12-21-5-2)15-17-8-6-7-16(13-17)14-18-3/h6-8,13,18H,4-5,9-12,14-15H2,1-3H3. The molecule has 1 aromatic rings. The Labute approximate surface area is 129 Å². The molecule has 0 unspecified atom stereocenters. The predicted molar refractivity (Wildman–Crippen MR) is 87.5 cm³/mol. The van der Waals surface area contributed by atoms with Gasteiger partial charge in [0.25, 0.3) is 0 Å². The van der Waals surface area contributed by atoms with Gasteiger partial charge in [-0.3, -0.25) is 4.90 Å². The Kier molecular flexibility index (Phi) is 10.1. The molecule has 0 amide bonds. The molecule has 0 atom stereocenters. The maximum Gasteiger partial charge on any atom is 0.0593 e. The summed E-state index contributed by atoms with van der Waals surface area (Å²) in [4.78, 5) is 2.39. The maximum absolute atomic E-state index is 5.48. The van der Waals surface area contributed by atoms with Gasteiger partial charge < -0.3 is 14.8 Å². The third-order valence-electron chi connectivity index (χ3n) is 3.29. The van der Waals surface area contributed by atoms with Crippen molar-refractivity contribution in [3.63, 3.8) is 0 Å². The molecule has 0 heterocycles. The Hall–Kier alpha value is -0.940. The Morgan fingerprint density at radius 3 is 2.19 bits per heavy atom. The van der Waals surface area contributed by atoms with E-state index in [0.717, 1.165) is 52.6 Å².